The van der Waals surface area contributed by atoms with Crippen LogP contribution in [0, 0.1) is 11.6 Å². The van der Waals surface area contributed by atoms with E-state index in [1.54, 1.807) is 24.3 Å². The second-order valence-electron chi connectivity index (χ2n) is 5.83. The molecule has 2 N–H and O–H groups in total. The van der Waals surface area contributed by atoms with E-state index in [0.717, 1.165) is 12.1 Å². The first-order chi connectivity index (χ1) is 12.8. The fourth-order valence-electron chi connectivity index (χ4n) is 2.43. The number of nitrogens with zero attached hydrogens (tertiary/aromatic N) is 1. The highest BCUT2D eigenvalue weighted by Gasteiger charge is 2.15. The van der Waals surface area contributed by atoms with Crippen molar-refractivity contribution in [1.29, 1.82) is 0 Å². The van der Waals surface area contributed by atoms with Crippen LogP contribution in [0.4, 0.5) is 25.8 Å². The Kier molecular flexibility index (Phi) is 6.59. The van der Waals surface area contributed by atoms with Gasteiger partial charge in [-0.05, 0) is 30.3 Å². The number of carbonyl (C=O) groups excluding carboxylic acids is 3. The van der Waals surface area contributed by atoms with Gasteiger partial charge < -0.3 is 15.5 Å². The Bertz CT molecular complexity index is 871. The van der Waals surface area contributed by atoms with Crippen molar-refractivity contribution in [2.24, 2.45) is 0 Å². The molecule has 0 heterocycles. The lowest BCUT2D eigenvalue weighted by Gasteiger charge is -2.21. The highest BCUT2D eigenvalue weighted by molar-refractivity contribution is 5.96. The van der Waals surface area contributed by atoms with E-state index in [2.05, 4.69) is 10.6 Å². The van der Waals surface area contributed by atoms with Crippen molar-refractivity contribution in [3.63, 3.8) is 0 Å². The number of carbonyl (C=O) groups is 3. The summed E-state index contributed by atoms with van der Waals surface area (Å²) in [6.07, 6.45) is -0.0526. The molecule has 2 aromatic rings. The summed E-state index contributed by atoms with van der Waals surface area (Å²) in [4.78, 5) is 36.6. The molecule has 0 aliphatic carbocycles. The molecule has 6 nitrogen and oxygen atoms in total. The highest BCUT2D eigenvalue weighted by atomic mass is 19.2. The quantitative estimate of drug-likeness (QED) is 0.813. The molecule has 0 aromatic heterocycles. The zero-order valence-corrected chi connectivity index (χ0v) is 14.9. The molecule has 0 saturated carbocycles. The number of benzene rings is 2. The summed E-state index contributed by atoms with van der Waals surface area (Å²) >= 11 is 0. The summed E-state index contributed by atoms with van der Waals surface area (Å²) in [5.74, 6) is -3.05. The number of rotatable bonds is 6. The van der Waals surface area contributed by atoms with Crippen LogP contribution in [0.3, 0.4) is 0 Å². The van der Waals surface area contributed by atoms with E-state index in [4.69, 9.17) is 0 Å². The van der Waals surface area contributed by atoms with Gasteiger partial charge in [-0.15, -0.1) is 0 Å². The summed E-state index contributed by atoms with van der Waals surface area (Å²) in [6.45, 7) is 2.81. The third-order valence-corrected chi connectivity index (χ3v) is 3.62. The maximum absolute atomic E-state index is 13.2. The van der Waals surface area contributed by atoms with Crippen LogP contribution in [0.15, 0.2) is 42.5 Å². The number of hydrogen-bond acceptors (Lipinski definition) is 3. The average Bonchev–Trinajstić information content (AvgIpc) is 2.58. The molecule has 0 radical (unpaired) electrons. The molecular formula is C19H19F2N3O3. The molecule has 0 atom stereocenters. The van der Waals surface area contributed by atoms with Gasteiger partial charge in [0.1, 0.15) is 0 Å². The standard InChI is InChI=1S/C19H19F2N3O3/c1-12(25)22-14-4-3-5-16(10-14)24(13(2)26)9-8-19(27)23-15-6-7-17(20)18(21)11-15/h3-7,10-11H,8-9H2,1-2H3,(H,22,25)(H,23,27). The van der Waals surface area contributed by atoms with Crippen molar-refractivity contribution in [3.8, 4) is 0 Å². The first-order valence-corrected chi connectivity index (χ1v) is 8.17. The van der Waals surface area contributed by atoms with E-state index in [0.29, 0.717) is 11.4 Å². The SMILES string of the molecule is CC(=O)Nc1cccc(N(CCC(=O)Nc2ccc(F)c(F)c2)C(C)=O)c1. The number of anilines is 3. The normalized spacial score (nSPS) is 10.2. The molecule has 0 spiro atoms. The lowest BCUT2D eigenvalue weighted by atomic mass is 10.2. The van der Waals surface area contributed by atoms with Gasteiger partial charge in [-0.1, -0.05) is 6.07 Å². The molecule has 2 rings (SSSR count). The van der Waals surface area contributed by atoms with Gasteiger partial charge in [-0.25, -0.2) is 8.78 Å². The summed E-state index contributed by atoms with van der Waals surface area (Å²) < 4.78 is 26.1. The van der Waals surface area contributed by atoms with Crippen LogP contribution in [0.25, 0.3) is 0 Å². The summed E-state index contributed by atoms with van der Waals surface area (Å²) in [5, 5.41) is 5.08. The molecule has 3 amide bonds. The summed E-state index contributed by atoms with van der Waals surface area (Å²) in [7, 11) is 0. The molecule has 27 heavy (non-hydrogen) atoms. The number of halogens is 2. The zero-order chi connectivity index (χ0) is 20.0. The van der Waals surface area contributed by atoms with Crippen LogP contribution < -0.4 is 15.5 Å². The lowest BCUT2D eigenvalue weighted by Crippen LogP contribution is -2.32. The van der Waals surface area contributed by atoms with Crippen molar-refractivity contribution >= 4 is 34.8 Å². The molecule has 0 aliphatic rings. The molecule has 142 valence electrons. The molecule has 0 unspecified atom stereocenters. The molecule has 0 bridgehead atoms. The number of nitrogens with one attached hydrogen (secondary N) is 2. The lowest BCUT2D eigenvalue weighted by molar-refractivity contribution is -0.117. The predicted molar refractivity (Wildman–Crippen MR) is 98.4 cm³/mol. The minimum absolute atomic E-state index is 0.0526. The average molecular weight is 375 g/mol. The number of hydrogen-bond donors (Lipinski definition) is 2. The van der Waals surface area contributed by atoms with Crippen molar-refractivity contribution in [2.75, 3.05) is 22.1 Å². The van der Waals surface area contributed by atoms with Gasteiger partial charge in [0, 0.05) is 49.9 Å². The molecule has 2 aromatic carbocycles. The molecule has 0 aliphatic heterocycles. The molecule has 0 fully saturated rings. The zero-order valence-electron chi connectivity index (χ0n) is 14.9. The van der Waals surface area contributed by atoms with Gasteiger partial charge in [0.25, 0.3) is 0 Å². The van der Waals surface area contributed by atoms with Gasteiger partial charge in [-0.2, -0.15) is 0 Å². The van der Waals surface area contributed by atoms with E-state index < -0.39 is 17.5 Å². The van der Waals surface area contributed by atoms with Crippen LogP contribution >= 0.6 is 0 Å². The van der Waals surface area contributed by atoms with Crippen molar-refractivity contribution in [2.45, 2.75) is 20.3 Å². The van der Waals surface area contributed by atoms with Gasteiger partial charge in [0.2, 0.25) is 17.7 Å². The van der Waals surface area contributed by atoms with Crippen molar-refractivity contribution in [3.05, 3.63) is 54.1 Å². The van der Waals surface area contributed by atoms with E-state index in [-0.39, 0.29) is 30.5 Å². The van der Waals surface area contributed by atoms with Crippen LogP contribution in [0.2, 0.25) is 0 Å². The Hall–Kier alpha value is -3.29. The minimum atomic E-state index is -1.06. The second kappa shape index (κ2) is 8.88. The maximum atomic E-state index is 13.2. The van der Waals surface area contributed by atoms with Gasteiger partial charge in [0.05, 0.1) is 0 Å². The molecular weight excluding hydrogens is 356 g/mol. The first kappa shape index (κ1) is 20.0. The van der Waals surface area contributed by atoms with Gasteiger partial charge >= 0.3 is 0 Å². The maximum Gasteiger partial charge on any atom is 0.226 e. The highest BCUT2D eigenvalue weighted by Crippen LogP contribution is 2.20. The largest absolute Gasteiger partial charge is 0.326 e. The smallest absolute Gasteiger partial charge is 0.226 e. The van der Waals surface area contributed by atoms with E-state index in [1.807, 2.05) is 0 Å². The van der Waals surface area contributed by atoms with E-state index in [1.165, 1.54) is 24.8 Å². The van der Waals surface area contributed by atoms with Gasteiger partial charge in [0.15, 0.2) is 11.6 Å². The third-order valence-electron chi connectivity index (χ3n) is 3.62. The summed E-state index contributed by atoms with van der Waals surface area (Å²) in [6, 6.07) is 9.70. The fourth-order valence-corrected chi connectivity index (χ4v) is 2.43. The minimum Gasteiger partial charge on any atom is -0.326 e. The van der Waals surface area contributed by atoms with Crippen LogP contribution in [-0.2, 0) is 14.4 Å². The monoisotopic (exact) mass is 375 g/mol. The Balaban J connectivity index is 2.03. The van der Waals surface area contributed by atoms with Crippen molar-refractivity contribution < 1.29 is 23.2 Å². The Morgan fingerprint density at radius 2 is 1.63 bits per heavy atom. The van der Waals surface area contributed by atoms with E-state index >= 15 is 0 Å². The molecule has 0 saturated heterocycles. The van der Waals surface area contributed by atoms with Crippen LogP contribution in [0.5, 0.6) is 0 Å². The first-order valence-electron chi connectivity index (χ1n) is 8.17. The van der Waals surface area contributed by atoms with E-state index in [9.17, 15) is 23.2 Å². The Morgan fingerprint density at radius 1 is 0.926 bits per heavy atom. The molecule has 8 heteroatoms. The Morgan fingerprint density at radius 3 is 2.26 bits per heavy atom. The number of amides is 3. The second-order valence-corrected chi connectivity index (χ2v) is 5.83. The Labute approximate surface area is 155 Å². The third kappa shape index (κ3) is 5.88. The van der Waals surface area contributed by atoms with Gasteiger partial charge in [-0.3, -0.25) is 14.4 Å². The van der Waals surface area contributed by atoms with Crippen LogP contribution in [0.1, 0.15) is 20.3 Å². The topological polar surface area (TPSA) is 78.5 Å². The fraction of sp³-hybridized carbons (Fsp3) is 0.211. The van der Waals surface area contributed by atoms with Crippen molar-refractivity contribution in [1.82, 2.24) is 0 Å². The predicted octanol–water partition coefficient (Wildman–Crippen LogP) is 3.30. The van der Waals surface area contributed by atoms with Crippen LogP contribution in [-0.4, -0.2) is 24.3 Å². The summed E-state index contributed by atoms with van der Waals surface area (Å²) in [5.41, 5.74) is 1.17.